The molecule has 0 bridgehead atoms. The second-order valence-corrected chi connectivity index (χ2v) is 7.73. The number of nitrogens with one attached hydrogen (secondary N) is 2. The molecule has 0 aliphatic heterocycles. The van der Waals surface area contributed by atoms with Crippen LogP contribution >= 0.6 is 0 Å². The lowest BCUT2D eigenvalue weighted by atomic mass is 9.97. The lowest BCUT2D eigenvalue weighted by Crippen LogP contribution is -2.22. The van der Waals surface area contributed by atoms with Gasteiger partial charge in [0.25, 0.3) is 0 Å². The second kappa shape index (κ2) is 8.68. The standard InChI is InChI=1S/C18H24N2O3S/c1-24(22,23)20-17-10-7-16(8-11-17)9-12-18(21)19-14-13-15-5-3-2-4-6-15/h5,7-12,20H,2-4,6,13-14H2,1H3,(H,19,21)/b12-9+. The minimum Gasteiger partial charge on any atom is -0.352 e. The fourth-order valence-corrected chi connectivity index (χ4v) is 3.15. The summed E-state index contributed by atoms with van der Waals surface area (Å²) in [7, 11) is -3.27. The minimum absolute atomic E-state index is 0.121. The SMILES string of the molecule is CS(=O)(=O)Nc1ccc(/C=C/C(=O)NCCC2=CCCCC2)cc1. The summed E-state index contributed by atoms with van der Waals surface area (Å²) in [5.74, 6) is -0.121. The smallest absolute Gasteiger partial charge is 0.244 e. The Labute approximate surface area is 143 Å². The third kappa shape index (κ3) is 7.00. The molecule has 24 heavy (non-hydrogen) atoms. The first-order chi connectivity index (χ1) is 11.4. The van der Waals surface area contributed by atoms with Gasteiger partial charge in [0, 0.05) is 18.3 Å². The number of sulfonamides is 1. The molecule has 1 aromatic rings. The van der Waals surface area contributed by atoms with Crippen LogP contribution in [0.15, 0.2) is 42.0 Å². The van der Waals surface area contributed by atoms with Gasteiger partial charge in [-0.25, -0.2) is 8.42 Å². The van der Waals surface area contributed by atoms with Crippen LogP contribution in [0, 0.1) is 0 Å². The van der Waals surface area contributed by atoms with E-state index >= 15 is 0 Å². The minimum atomic E-state index is -3.27. The van der Waals surface area contributed by atoms with Crippen LogP contribution in [-0.4, -0.2) is 27.1 Å². The largest absolute Gasteiger partial charge is 0.352 e. The second-order valence-electron chi connectivity index (χ2n) is 5.98. The van der Waals surface area contributed by atoms with Gasteiger partial charge in [-0.15, -0.1) is 0 Å². The molecule has 0 saturated heterocycles. The number of hydrogen-bond acceptors (Lipinski definition) is 3. The number of amides is 1. The van der Waals surface area contributed by atoms with Gasteiger partial charge in [0.2, 0.25) is 15.9 Å². The number of carbonyl (C=O) groups is 1. The zero-order valence-corrected chi connectivity index (χ0v) is 14.7. The van der Waals surface area contributed by atoms with E-state index in [0.29, 0.717) is 12.2 Å². The highest BCUT2D eigenvalue weighted by molar-refractivity contribution is 7.92. The predicted octanol–water partition coefficient (Wildman–Crippen LogP) is 3.08. The van der Waals surface area contributed by atoms with Crippen LogP contribution in [0.4, 0.5) is 5.69 Å². The van der Waals surface area contributed by atoms with E-state index in [1.807, 2.05) is 0 Å². The topological polar surface area (TPSA) is 75.3 Å². The Kier molecular flexibility index (Phi) is 6.61. The van der Waals surface area contributed by atoms with Gasteiger partial charge in [0.05, 0.1) is 6.26 Å². The summed E-state index contributed by atoms with van der Waals surface area (Å²) in [5, 5.41) is 2.88. The third-order valence-corrected chi connectivity index (χ3v) is 4.38. The number of allylic oxidation sites excluding steroid dienone is 1. The van der Waals surface area contributed by atoms with Crippen molar-refractivity contribution in [2.75, 3.05) is 17.5 Å². The molecule has 0 spiro atoms. The van der Waals surface area contributed by atoms with Gasteiger partial charge in [0.15, 0.2) is 0 Å². The van der Waals surface area contributed by atoms with Crippen molar-refractivity contribution in [3.8, 4) is 0 Å². The maximum Gasteiger partial charge on any atom is 0.244 e. The lowest BCUT2D eigenvalue weighted by Gasteiger charge is -2.12. The Morgan fingerprint density at radius 1 is 1.21 bits per heavy atom. The Morgan fingerprint density at radius 3 is 2.58 bits per heavy atom. The summed E-state index contributed by atoms with van der Waals surface area (Å²) in [4.78, 5) is 11.8. The van der Waals surface area contributed by atoms with Crippen LogP contribution in [0.5, 0.6) is 0 Å². The van der Waals surface area contributed by atoms with Gasteiger partial charge >= 0.3 is 0 Å². The summed E-state index contributed by atoms with van der Waals surface area (Å²) in [6, 6.07) is 6.83. The molecule has 2 N–H and O–H groups in total. The van der Waals surface area contributed by atoms with Gasteiger partial charge in [0.1, 0.15) is 0 Å². The normalized spacial score (nSPS) is 15.1. The van der Waals surface area contributed by atoms with E-state index in [1.54, 1.807) is 30.3 Å². The summed E-state index contributed by atoms with van der Waals surface area (Å²) >= 11 is 0. The van der Waals surface area contributed by atoms with E-state index in [4.69, 9.17) is 0 Å². The molecule has 0 radical (unpaired) electrons. The van der Waals surface area contributed by atoms with Crippen molar-refractivity contribution < 1.29 is 13.2 Å². The predicted molar refractivity (Wildman–Crippen MR) is 98.1 cm³/mol. The first kappa shape index (κ1) is 18.3. The molecule has 6 heteroatoms. The van der Waals surface area contributed by atoms with E-state index in [1.165, 1.54) is 24.5 Å². The van der Waals surface area contributed by atoms with Crippen molar-refractivity contribution in [3.05, 3.63) is 47.6 Å². The van der Waals surface area contributed by atoms with E-state index < -0.39 is 10.0 Å². The van der Waals surface area contributed by atoms with Crippen LogP contribution < -0.4 is 10.0 Å². The molecule has 1 aliphatic carbocycles. The van der Waals surface area contributed by atoms with Crippen LogP contribution in [0.1, 0.15) is 37.7 Å². The summed E-state index contributed by atoms with van der Waals surface area (Å²) in [5.41, 5.74) is 2.78. The maximum absolute atomic E-state index is 11.8. The average molecular weight is 348 g/mol. The molecule has 2 rings (SSSR count). The molecular weight excluding hydrogens is 324 g/mol. The highest BCUT2D eigenvalue weighted by atomic mass is 32.2. The monoisotopic (exact) mass is 348 g/mol. The lowest BCUT2D eigenvalue weighted by molar-refractivity contribution is -0.116. The molecule has 1 amide bonds. The first-order valence-electron chi connectivity index (χ1n) is 8.14. The zero-order chi connectivity index (χ0) is 17.4. The molecule has 0 aromatic heterocycles. The average Bonchev–Trinajstić information content (AvgIpc) is 2.54. The van der Waals surface area contributed by atoms with E-state index in [-0.39, 0.29) is 5.91 Å². The Hall–Kier alpha value is -2.08. The third-order valence-electron chi connectivity index (χ3n) is 3.77. The fraction of sp³-hybridized carbons (Fsp3) is 0.389. The number of benzene rings is 1. The van der Waals surface area contributed by atoms with Crippen molar-refractivity contribution in [1.29, 1.82) is 0 Å². The van der Waals surface area contributed by atoms with Gasteiger partial charge < -0.3 is 5.32 Å². The van der Waals surface area contributed by atoms with Crippen molar-refractivity contribution >= 4 is 27.7 Å². The molecule has 0 unspecified atom stereocenters. The van der Waals surface area contributed by atoms with Gasteiger partial charge in [-0.2, -0.15) is 0 Å². The molecular formula is C18H24N2O3S. The molecule has 0 saturated carbocycles. The van der Waals surface area contributed by atoms with Gasteiger partial charge in [-0.1, -0.05) is 23.8 Å². The van der Waals surface area contributed by atoms with Crippen LogP contribution in [-0.2, 0) is 14.8 Å². The van der Waals surface area contributed by atoms with Gasteiger partial charge in [-0.05, 0) is 55.9 Å². The quantitative estimate of drug-likeness (QED) is 0.587. The molecule has 1 aliphatic rings. The summed E-state index contributed by atoms with van der Waals surface area (Å²) in [6.07, 6.45) is 12.4. The first-order valence-corrected chi connectivity index (χ1v) is 10.0. The van der Waals surface area contributed by atoms with Crippen molar-refractivity contribution in [2.24, 2.45) is 0 Å². The Balaban J connectivity index is 1.77. The molecule has 130 valence electrons. The number of anilines is 1. The molecule has 1 aromatic carbocycles. The van der Waals surface area contributed by atoms with Crippen molar-refractivity contribution in [3.63, 3.8) is 0 Å². The Morgan fingerprint density at radius 2 is 1.96 bits per heavy atom. The van der Waals surface area contributed by atoms with E-state index in [0.717, 1.165) is 31.1 Å². The Bertz CT molecular complexity index is 719. The maximum atomic E-state index is 11.8. The molecule has 0 atom stereocenters. The number of hydrogen-bond donors (Lipinski definition) is 2. The van der Waals surface area contributed by atoms with Crippen LogP contribution in [0.3, 0.4) is 0 Å². The highest BCUT2D eigenvalue weighted by Crippen LogP contribution is 2.19. The molecule has 0 heterocycles. The summed E-state index contributed by atoms with van der Waals surface area (Å²) in [6.45, 7) is 0.659. The molecule has 5 nitrogen and oxygen atoms in total. The van der Waals surface area contributed by atoms with E-state index in [2.05, 4.69) is 16.1 Å². The van der Waals surface area contributed by atoms with E-state index in [9.17, 15) is 13.2 Å². The number of carbonyl (C=O) groups excluding carboxylic acids is 1. The van der Waals surface area contributed by atoms with Crippen molar-refractivity contribution in [1.82, 2.24) is 5.32 Å². The highest BCUT2D eigenvalue weighted by Gasteiger charge is 2.04. The fourth-order valence-electron chi connectivity index (χ4n) is 2.59. The van der Waals surface area contributed by atoms with Crippen molar-refractivity contribution in [2.45, 2.75) is 32.1 Å². The van der Waals surface area contributed by atoms with Gasteiger partial charge in [-0.3, -0.25) is 9.52 Å². The molecule has 0 fully saturated rings. The van der Waals surface area contributed by atoms with Crippen LogP contribution in [0.2, 0.25) is 0 Å². The van der Waals surface area contributed by atoms with Crippen LogP contribution in [0.25, 0.3) is 6.08 Å². The zero-order valence-electron chi connectivity index (χ0n) is 13.9. The number of rotatable bonds is 7. The summed E-state index contributed by atoms with van der Waals surface area (Å²) < 4.78 is 24.7.